The molecule has 0 aliphatic heterocycles. The predicted octanol–water partition coefficient (Wildman–Crippen LogP) is 4.46. The smallest absolute Gasteiger partial charge is 0.337 e. The maximum Gasteiger partial charge on any atom is 0.337 e. The van der Waals surface area contributed by atoms with Crippen LogP contribution in [0.25, 0.3) is 0 Å². The summed E-state index contributed by atoms with van der Waals surface area (Å²) in [5.41, 5.74) is 1.64. The zero-order valence-electron chi connectivity index (χ0n) is 12.6. The summed E-state index contributed by atoms with van der Waals surface area (Å²) in [7, 11) is 1.33. The first-order valence-electron chi connectivity index (χ1n) is 6.86. The Hall–Kier alpha value is -2.04. The van der Waals surface area contributed by atoms with Gasteiger partial charge in [-0.1, -0.05) is 23.2 Å². The summed E-state index contributed by atoms with van der Waals surface area (Å²) < 4.78 is 4.64. The zero-order valence-corrected chi connectivity index (χ0v) is 14.1. The van der Waals surface area contributed by atoms with Crippen LogP contribution in [-0.2, 0) is 4.74 Å². The minimum Gasteiger partial charge on any atom is -0.465 e. The molecule has 0 aliphatic rings. The number of esters is 1. The number of rotatable bonds is 5. The molecule has 2 aromatic carbocycles. The van der Waals surface area contributed by atoms with Crippen LogP contribution in [0.1, 0.15) is 27.6 Å². The third-order valence-corrected chi connectivity index (χ3v) is 4.03. The van der Waals surface area contributed by atoms with Crippen molar-refractivity contribution in [2.45, 2.75) is 13.0 Å². The number of anilines is 1. The number of carbonyl (C=O) groups is 2. The molecule has 0 aromatic heterocycles. The van der Waals surface area contributed by atoms with Crippen molar-refractivity contribution < 1.29 is 14.3 Å². The molecule has 0 bridgehead atoms. The summed E-state index contributed by atoms with van der Waals surface area (Å²) in [5.74, 6) is -0.517. The number of Topliss-reactive ketones (excluding diaryl/α,β-unsaturated/α-hetero) is 1. The van der Waals surface area contributed by atoms with Gasteiger partial charge in [0.15, 0.2) is 5.78 Å². The highest BCUT2D eigenvalue weighted by Gasteiger charge is 2.16. The van der Waals surface area contributed by atoms with E-state index in [0.29, 0.717) is 21.2 Å². The topological polar surface area (TPSA) is 55.4 Å². The Bertz CT molecular complexity index is 729. The van der Waals surface area contributed by atoms with Gasteiger partial charge < -0.3 is 10.1 Å². The Morgan fingerprint density at radius 2 is 1.61 bits per heavy atom. The minimum absolute atomic E-state index is 0.111. The summed E-state index contributed by atoms with van der Waals surface area (Å²) in [5, 5.41) is 3.83. The van der Waals surface area contributed by atoms with Gasteiger partial charge in [-0.05, 0) is 49.4 Å². The quantitative estimate of drug-likeness (QED) is 0.638. The number of ketones is 1. The molecule has 2 rings (SSSR count). The molecule has 1 unspecified atom stereocenters. The molecule has 0 aliphatic carbocycles. The van der Waals surface area contributed by atoms with E-state index in [9.17, 15) is 9.59 Å². The second-order valence-corrected chi connectivity index (χ2v) is 5.74. The Morgan fingerprint density at radius 3 is 2.17 bits per heavy atom. The van der Waals surface area contributed by atoms with Gasteiger partial charge in [0.05, 0.1) is 28.8 Å². The van der Waals surface area contributed by atoms with Gasteiger partial charge in [0, 0.05) is 11.3 Å². The van der Waals surface area contributed by atoms with Gasteiger partial charge in [0.25, 0.3) is 0 Å². The first kappa shape index (κ1) is 17.3. The standard InChI is InChI=1S/C17H15Cl2NO3/c1-10(16(21)12-5-8-14(18)15(19)9-12)20-13-6-3-11(4-7-13)17(22)23-2/h3-10,20H,1-2H3. The molecule has 0 radical (unpaired) electrons. The van der Waals surface area contributed by atoms with Crippen molar-refractivity contribution in [3.63, 3.8) is 0 Å². The number of ether oxygens (including phenoxy) is 1. The van der Waals surface area contributed by atoms with Gasteiger partial charge in [0.2, 0.25) is 0 Å². The van der Waals surface area contributed by atoms with Crippen molar-refractivity contribution in [2.24, 2.45) is 0 Å². The van der Waals surface area contributed by atoms with Gasteiger partial charge in [-0.25, -0.2) is 4.79 Å². The summed E-state index contributed by atoms with van der Waals surface area (Å²) in [6, 6.07) is 11.0. The van der Waals surface area contributed by atoms with E-state index in [1.165, 1.54) is 7.11 Å². The van der Waals surface area contributed by atoms with Gasteiger partial charge >= 0.3 is 5.97 Å². The van der Waals surface area contributed by atoms with Crippen LogP contribution in [-0.4, -0.2) is 24.9 Å². The van der Waals surface area contributed by atoms with Crippen LogP contribution in [0.2, 0.25) is 10.0 Å². The third kappa shape index (κ3) is 4.24. The average Bonchev–Trinajstić information content (AvgIpc) is 2.56. The highest BCUT2D eigenvalue weighted by atomic mass is 35.5. The van der Waals surface area contributed by atoms with Crippen LogP contribution in [0.5, 0.6) is 0 Å². The lowest BCUT2D eigenvalue weighted by Crippen LogP contribution is -2.26. The molecule has 0 saturated carbocycles. The van der Waals surface area contributed by atoms with E-state index in [-0.39, 0.29) is 5.78 Å². The Kier molecular flexibility index (Phi) is 5.64. The zero-order chi connectivity index (χ0) is 17.0. The summed E-state index contributed by atoms with van der Waals surface area (Å²) in [4.78, 5) is 23.8. The van der Waals surface area contributed by atoms with Crippen LogP contribution in [0, 0.1) is 0 Å². The number of benzene rings is 2. The maximum atomic E-state index is 12.4. The second-order valence-electron chi connectivity index (χ2n) is 4.93. The number of halogens is 2. The number of nitrogens with one attached hydrogen (secondary N) is 1. The Balaban J connectivity index is 2.08. The molecule has 0 spiro atoms. The monoisotopic (exact) mass is 351 g/mol. The van der Waals surface area contributed by atoms with E-state index in [0.717, 1.165) is 5.69 Å². The Morgan fingerprint density at radius 1 is 1.00 bits per heavy atom. The van der Waals surface area contributed by atoms with E-state index in [1.807, 2.05) is 0 Å². The first-order chi connectivity index (χ1) is 10.9. The van der Waals surface area contributed by atoms with Crippen molar-refractivity contribution in [1.29, 1.82) is 0 Å². The third-order valence-electron chi connectivity index (χ3n) is 3.29. The van der Waals surface area contributed by atoms with Gasteiger partial charge in [-0.3, -0.25) is 4.79 Å². The van der Waals surface area contributed by atoms with Crippen molar-refractivity contribution in [2.75, 3.05) is 12.4 Å². The number of methoxy groups -OCH3 is 1. The van der Waals surface area contributed by atoms with Crippen molar-refractivity contribution in [3.8, 4) is 0 Å². The number of carbonyl (C=O) groups excluding carboxylic acids is 2. The lowest BCUT2D eigenvalue weighted by Gasteiger charge is -2.15. The molecular weight excluding hydrogens is 337 g/mol. The molecule has 6 heteroatoms. The van der Waals surface area contributed by atoms with Crippen molar-refractivity contribution in [3.05, 3.63) is 63.6 Å². The minimum atomic E-state index is -0.462. The van der Waals surface area contributed by atoms with Gasteiger partial charge in [0.1, 0.15) is 0 Å². The van der Waals surface area contributed by atoms with Crippen LogP contribution in [0.3, 0.4) is 0 Å². The molecular formula is C17H15Cl2NO3. The van der Waals surface area contributed by atoms with E-state index < -0.39 is 12.0 Å². The molecule has 1 N–H and O–H groups in total. The highest BCUT2D eigenvalue weighted by molar-refractivity contribution is 6.42. The highest BCUT2D eigenvalue weighted by Crippen LogP contribution is 2.23. The molecule has 1 atom stereocenters. The second kappa shape index (κ2) is 7.49. The first-order valence-corrected chi connectivity index (χ1v) is 7.62. The molecule has 23 heavy (non-hydrogen) atoms. The van der Waals surface area contributed by atoms with Crippen LogP contribution >= 0.6 is 23.2 Å². The molecule has 0 fully saturated rings. The molecule has 0 amide bonds. The summed E-state index contributed by atoms with van der Waals surface area (Å²) >= 11 is 11.8. The van der Waals surface area contributed by atoms with Gasteiger partial charge in [-0.2, -0.15) is 0 Å². The van der Waals surface area contributed by atoms with Crippen molar-refractivity contribution >= 4 is 40.6 Å². The predicted molar refractivity (Wildman–Crippen MR) is 91.7 cm³/mol. The SMILES string of the molecule is COC(=O)c1ccc(NC(C)C(=O)c2ccc(Cl)c(Cl)c2)cc1. The van der Waals surface area contributed by atoms with E-state index in [1.54, 1.807) is 49.4 Å². The lowest BCUT2D eigenvalue weighted by atomic mass is 10.1. The van der Waals surface area contributed by atoms with Crippen LogP contribution in [0.4, 0.5) is 5.69 Å². The maximum absolute atomic E-state index is 12.4. The lowest BCUT2D eigenvalue weighted by molar-refractivity contribution is 0.0600. The van der Waals surface area contributed by atoms with E-state index in [4.69, 9.17) is 23.2 Å². The van der Waals surface area contributed by atoms with Crippen molar-refractivity contribution in [1.82, 2.24) is 0 Å². The Labute approximate surface area is 144 Å². The summed E-state index contributed by atoms with van der Waals surface area (Å²) in [6.07, 6.45) is 0. The normalized spacial score (nSPS) is 11.7. The number of hydrogen-bond acceptors (Lipinski definition) is 4. The average molecular weight is 352 g/mol. The summed E-state index contributed by atoms with van der Waals surface area (Å²) in [6.45, 7) is 1.75. The molecule has 2 aromatic rings. The van der Waals surface area contributed by atoms with Crippen LogP contribution < -0.4 is 5.32 Å². The van der Waals surface area contributed by atoms with Gasteiger partial charge in [-0.15, -0.1) is 0 Å². The molecule has 120 valence electrons. The number of hydrogen-bond donors (Lipinski definition) is 1. The van der Waals surface area contributed by atoms with Crippen LogP contribution in [0.15, 0.2) is 42.5 Å². The molecule has 4 nitrogen and oxygen atoms in total. The fourth-order valence-electron chi connectivity index (χ4n) is 2.04. The largest absolute Gasteiger partial charge is 0.465 e. The molecule has 0 saturated heterocycles. The fourth-order valence-corrected chi connectivity index (χ4v) is 2.33. The van der Waals surface area contributed by atoms with E-state index >= 15 is 0 Å². The fraction of sp³-hybridized carbons (Fsp3) is 0.176. The molecule has 0 heterocycles. The van der Waals surface area contributed by atoms with E-state index in [2.05, 4.69) is 10.1 Å².